The summed E-state index contributed by atoms with van der Waals surface area (Å²) in [4.78, 5) is 19.1. The van der Waals surface area contributed by atoms with Gasteiger partial charge in [-0.3, -0.25) is 4.57 Å². The lowest BCUT2D eigenvalue weighted by Crippen LogP contribution is -2.49. The average Bonchev–Trinajstić information content (AvgIpc) is 2.86. The number of hydrogen-bond acceptors (Lipinski definition) is 2. The van der Waals surface area contributed by atoms with Crippen molar-refractivity contribution in [1.29, 1.82) is 0 Å². The average molecular weight is 352 g/mol. The van der Waals surface area contributed by atoms with E-state index < -0.39 is 13.7 Å². The monoisotopic (exact) mass is 352 g/mol. The van der Waals surface area contributed by atoms with Gasteiger partial charge in [0.2, 0.25) is 0 Å². The number of aliphatic hydroxyl groups excluding tert-OH is 1. The minimum Gasteiger partial charge on any atom is -0.388 e. The summed E-state index contributed by atoms with van der Waals surface area (Å²) in [5.41, 5.74) is 1.39. The van der Waals surface area contributed by atoms with Gasteiger partial charge in [0.15, 0.2) is 0 Å². The third kappa shape index (κ3) is 2.34. The van der Waals surface area contributed by atoms with Crippen LogP contribution in [0, 0.1) is 28.6 Å². The van der Waals surface area contributed by atoms with Crippen molar-refractivity contribution in [2.75, 3.05) is 0 Å². The molecule has 0 aromatic heterocycles. The summed E-state index contributed by atoms with van der Waals surface area (Å²) in [5.74, 6) is 1.96. The van der Waals surface area contributed by atoms with Gasteiger partial charge in [-0.2, -0.15) is 0 Å². The highest BCUT2D eigenvalue weighted by molar-refractivity contribution is 7.56. The Labute approximate surface area is 144 Å². The van der Waals surface area contributed by atoms with E-state index in [0.717, 1.165) is 17.9 Å². The molecule has 3 N–H and O–H groups in total. The summed E-state index contributed by atoms with van der Waals surface area (Å²) < 4.78 is 11.7. The zero-order valence-corrected chi connectivity index (χ0v) is 15.5. The first-order valence-electron chi connectivity index (χ1n) is 9.31. The van der Waals surface area contributed by atoms with E-state index in [-0.39, 0.29) is 10.7 Å². The predicted molar refractivity (Wildman–Crippen MR) is 93.2 cm³/mol. The smallest absolute Gasteiger partial charge is 0.354 e. The fraction of sp³-hybridized carbons (Fsp3) is 0.789. The van der Waals surface area contributed by atoms with Gasteiger partial charge in [0, 0.05) is 0 Å². The van der Waals surface area contributed by atoms with Gasteiger partial charge in [-0.05, 0) is 78.8 Å². The lowest BCUT2D eigenvalue weighted by Gasteiger charge is -2.56. The topological polar surface area (TPSA) is 77.8 Å². The minimum absolute atomic E-state index is 0.0915. The number of aliphatic hydroxyl groups is 1. The Kier molecular flexibility index (Phi) is 3.76. The fourth-order valence-electron chi connectivity index (χ4n) is 6.64. The maximum Gasteiger partial charge on any atom is 0.354 e. The Morgan fingerprint density at radius 2 is 1.92 bits per heavy atom. The lowest BCUT2D eigenvalue weighted by molar-refractivity contribution is -0.0302. The van der Waals surface area contributed by atoms with E-state index in [1.807, 2.05) is 0 Å². The van der Waals surface area contributed by atoms with Crippen molar-refractivity contribution in [2.24, 2.45) is 28.6 Å². The molecule has 0 heterocycles. The fourth-order valence-corrected chi connectivity index (χ4v) is 7.43. The quantitative estimate of drug-likeness (QED) is 0.624. The minimum atomic E-state index is -4.39. The molecule has 2 fully saturated rings. The molecule has 0 amide bonds. The van der Waals surface area contributed by atoms with Crippen LogP contribution in [-0.4, -0.2) is 21.0 Å². The Morgan fingerprint density at radius 3 is 2.62 bits per heavy atom. The van der Waals surface area contributed by atoms with E-state index in [0.29, 0.717) is 23.7 Å². The SMILES string of the molecule is C[C@@]12CCC[C@H]1[C@@H]1CC=C3C=C(P(=O)(O)O)C(O)C[C@]3(C)[C@@H]1CC2. The second kappa shape index (κ2) is 5.30. The molecule has 0 saturated heterocycles. The summed E-state index contributed by atoms with van der Waals surface area (Å²) >= 11 is 0. The molecule has 0 aromatic carbocycles. The highest BCUT2D eigenvalue weighted by atomic mass is 31.2. The molecule has 4 rings (SSSR count). The van der Waals surface area contributed by atoms with E-state index in [2.05, 4.69) is 19.9 Å². The Hall–Kier alpha value is -0.410. The molecule has 0 radical (unpaired) electrons. The van der Waals surface area contributed by atoms with Crippen LogP contribution in [-0.2, 0) is 4.57 Å². The third-order valence-electron chi connectivity index (χ3n) is 7.90. The molecular weight excluding hydrogens is 323 g/mol. The van der Waals surface area contributed by atoms with Crippen molar-refractivity contribution in [1.82, 2.24) is 0 Å². The van der Waals surface area contributed by atoms with Crippen LogP contribution >= 0.6 is 7.60 Å². The van der Waals surface area contributed by atoms with Crippen LogP contribution in [0.1, 0.15) is 58.8 Å². The Bertz CT molecular complexity index is 662. The largest absolute Gasteiger partial charge is 0.388 e. The standard InChI is InChI=1S/C19H29O4P/c1-18-8-3-4-14(18)13-6-5-12-10-17(24(21,22)23)16(20)11-19(12,2)15(13)7-9-18/h5,10,13-16,20H,3-4,6-9,11H2,1-2H3,(H2,21,22,23)/t13-,14-,15+,16?,18-,19-/m0/s1. The number of rotatable bonds is 1. The zero-order valence-electron chi connectivity index (χ0n) is 14.6. The van der Waals surface area contributed by atoms with Crippen LogP contribution in [0.25, 0.3) is 0 Å². The molecule has 5 heteroatoms. The Balaban J connectivity index is 1.73. The van der Waals surface area contributed by atoms with Crippen molar-refractivity contribution in [3.8, 4) is 0 Å². The summed E-state index contributed by atoms with van der Waals surface area (Å²) in [6.45, 7) is 4.67. The summed E-state index contributed by atoms with van der Waals surface area (Å²) in [5, 5.41) is 10.4. The molecule has 0 aromatic rings. The maximum absolute atomic E-state index is 11.7. The molecule has 0 bridgehead atoms. The molecular formula is C19H29O4P. The van der Waals surface area contributed by atoms with Crippen molar-refractivity contribution in [2.45, 2.75) is 64.9 Å². The van der Waals surface area contributed by atoms with Crippen LogP contribution in [0.3, 0.4) is 0 Å². The van der Waals surface area contributed by atoms with Gasteiger partial charge in [0.05, 0.1) is 11.4 Å². The van der Waals surface area contributed by atoms with Crippen LogP contribution < -0.4 is 0 Å². The summed E-state index contributed by atoms with van der Waals surface area (Å²) in [6.07, 6.45) is 10.7. The predicted octanol–water partition coefficient (Wildman–Crippen LogP) is 3.98. The van der Waals surface area contributed by atoms with Crippen LogP contribution in [0.15, 0.2) is 23.0 Å². The molecule has 24 heavy (non-hydrogen) atoms. The number of hydrogen-bond donors (Lipinski definition) is 3. The first-order chi connectivity index (χ1) is 11.2. The van der Waals surface area contributed by atoms with Gasteiger partial charge in [0.25, 0.3) is 0 Å². The highest BCUT2D eigenvalue weighted by Gasteiger charge is 2.56. The van der Waals surface area contributed by atoms with Gasteiger partial charge in [0.1, 0.15) is 0 Å². The molecule has 2 saturated carbocycles. The van der Waals surface area contributed by atoms with E-state index >= 15 is 0 Å². The summed E-state index contributed by atoms with van der Waals surface area (Å²) in [7, 11) is -4.39. The molecule has 4 aliphatic carbocycles. The molecule has 1 unspecified atom stereocenters. The van der Waals surface area contributed by atoms with Gasteiger partial charge in [-0.1, -0.05) is 26.3 Å². The molecule has 4 nitrogen and oxygen atoms in total. The third-order valence-corrected chi connectivity index (χ3v) is 9.00. The molecule has 134 valence electrons. The second-order valence-electron chi connectivity index (χ2n) is 9.11. The van der Waals surface area contributed by atoms with Gasteiger partial charge >= 0.3 is 7.60 Å². The van der Waals surface area contributed by atoms with Crippen LogP contribution in [0.5, 0.6) is 0 Å². The summed E-state index contributed by atoms with van der Waals surface area (Å²) in [6, 6.07) is 0. The van der Waals surface area contributed by atoms with E-state index in [4.69, 9.17) is 0 Å². The highest BCUT2D eigenvalue weighted by Crippen LogP contribution is 2.65. The first-order valence-corrected chi connectivity index (χ1v) is 10.9. The van der Waals surface area contributed by atoms with E-state index in [1.54, 1.807) is 6.08 Å². The molecule has 4 aliphatic rings. The van der Waals surface area contributed by atoms with Gasteiger partial charge < -0.3 is 14.9 Å². The van der Waals surface area contributed by atoms with Gasteiger partial charge in [-0.15, -0.1) is 0 Å². The lowest BCUT2D eigenvalue weighted by atomic mass is 9.49. The molecule has 0 spiro atoms. The van der Waals surface area contributed by atoms with Crippen molar-refractivity contribution in [3.63, 3.8) is 0 Å². The second-order valence-corrected chi connectivity index (χ2v) is 10.7. The van der Waals surface area contributed by atoms with Crippen LogP contribution in [0.4, 0.5) is 0 Å². The Morgan fingerprint density at radius 1 is 1.17 bits per heavy atom. The van der Waals surface area contributed by atoms with E-state index in [9.17, 15) is 19.5 Å². The maximum atomic E-state index is 11.7. The van der Waals surface area contributed by atoms with Crippen molar-refractivity contribution >= 4 is 7.60 Å². The number of fused-ring (bicyclic) bond motifs is 5. The zero-order chi connectivity index (χ0) is 17.3. The number of allylic oxidation sites excluding steroid dienone is 3. The molecule has 0 aliphatic heterocycles. The normalized spacial score (nSPS) is 48.0. The molecule has 6 atom stereocenters. The van der Waals surface area contributed by atoms with Crippen molar-refractivity contribution < 1.29 is 19.5 Å². The van der Waals surface area contributed by atoms with E-state index in [1.165, 1.54) is 32.1 Å². The van der Waals surface area contributed by atoms with Gasteiger partial charge in [-0.25, -0.2) is 0 Å². The van der Waals surface area contributed by atoms with Crippen LogP contribution in [0.2, 0.25) is 0 Å². The first kappa shape index (κ1) is 17.0. The van der Waals surface area contributed by atoms with Crippen molar-refractivity contribution in [3.05, 3.63) is 23.0 Å².